The van der Waals surface area contributed by atoms with Crippen LogP contribution < -0.4 is 5.32 Å². The van der Waals surface area contributed by atoms with Crippen LogP contribution in [0.3, 0.4) is 0 Å². The van der Waals surface area contributed by atoms with Crippen LogP contribution in [0.4, 0.5) is 5.69 Å². The molecule has 0 aliphatic heterocycles. The van der Waals surface area contributed by atoms with Crippen molar-refractivity contribution in [3.63, 3.8) is 0 Å². The third kappa shape index (κ3) is 5.80. The van der Waals surface area contributed by atoms with E-state index in [9.17, 15) is 13.2 Å². The van der Waals surface area contributed by atoms with Gasteiger partial charge in [0, 0.05) is 37.9 Å². The molecule has 0 bridgehead atoms. The molecule has 1 heterocycles. The number of sulfonamides is 1. The number of nitrogens with zero attached hydrogens (tertiary/aromatic N) is 3. The average molecular weight is 439 g/mol. The molecule has 1 fully saturated rings. The Morgan fingerprint density at radius 3 is 2.52 bits per heavy atom. The summed E-state index contributed by atoms with van der Waals surface area (Å²) in [6.45, 7) is 0. The van der Waals surface area contributed by atoms with Gasteiger partial charge in [0.25, 0.3) is 5.22 Å². The highest BCUT2D eigenvalue weighted by Gasteiger charge is 2.21. The normalized spacial score (nSPS) is 15.6. The van der Waals surface area contributed by atoms with Gasteiger partial charge in [-0.1, -0.05) is 31.0 Å². The summed E-state index contributed by atoms with van der Waals surface area (Å²) in [5, 5.41) is 11.5. The topological polar surface area (TPSA) is 105 Å². The minimum absolute atomic E-state index is 0.160. The Balaban J connectivity index is 1.45. The molecule has 29 heavy (non-hydrogen) atoms. The number of carbonyl (C=O) groups is 1. The largest absolute Gasteiger partial charge is 0.416 e. The van der Waals surface area contributed by atoms with E-state index >= 15 is 0 Å². The molecule has 1 aliphatic carbocycles. The van der Waals surface area contributed by atoms with Crippen LogP contribution in [0, 0.1) is 0 Å². The first-order chi connectivity index (χ1) is 13.9. The van der Waals surface area contributed by atoms with E-state index in [4.69, 9.17) is 4.42 Å². The summed E-state index contributed by atoms with van der Waals surface area (Å²) in [6, 6.07) is 6.11. The van der Waals surface area contributed by atoms with E-state index in [0.717, 1.165) is 17.1 Å². The number of hydrogen-bond donors (Lipinski definition) is 1. The van der Waals surface area contributed by atoms with Crippen molar-refractivity contribution in [3.8, 4) is 0 Å². The highest BCUT2D eigenvalue weighted by atomic mass is 32.2. The van der Waals surface area contributed by atoms with Crippen LogP contribution in [0.1, 0.15) is 50.3 Å². The zero-order valence-electron chi connectivity index (χ0n) is 16.6. The van der Waals surface area contributed by atoms with Gasteiger partial charge >= 0.3 is 0 Å². The van der Waals surface area contributed by atoms with Crippen molar-refractivity contribution in [3.05, 3.63) is 30.2 Å². The molecule has 1 saturated carbocycles. The van der Waals surface area contributed by atoms with Crippen LogP contribution in [-0.2, 0) is 14.8 Å². The lowest BCUT2D eigenvalue weighted by atomic mass is 9.89. The van der Waals surface area contributed by atoms with E-state index < -0.39 is 10.0 Å². The molecule has 8 nitrogen and oxygen atoms in total. The quantitative estimate of drug-likeness (QED) is 0.629. The summed E-state index contributed by atoms with van der Waals surface area (Å²) >= 11 is 1.37. The highest BCUT2D eigenvalue weighted by molar-refractivity contribution is 7.99. The minimum atomic E-state index is -3.48. The first kappa shape index (κ1) is 21.8. The van der Waals surface area contributed by atoms with Gasteiger partial charge in [0.2, 0.25) is 21.8 Å². The second-order valence-corrected chi connectivity index (χ2v) is 10.4. The predicted octanol–water partition coefficient (Wildman–Crippen LogP) is 3.49. The number of amides is 1. The van der Waals surface area contributed by atoms with Crippen molar-refractivity contribution in [2.24, 2.45) is 0 Å². The summed E-state index contributed by atoms with van der Waals surface area (Å²) in [6.07, 6.45) is 6.17. The Labute approximate surface area is 175 Å². The van der Waals surface area contributed by atoms with Gasteiger partial charge < -0.3 is 9.73 Å². The van der Waals surface area contributed by atoms with Crippen LogP contribution in [-0.4, -0.2) is 48.7 Å². The van der Waals surface area contributed by atoms with E-state index in [-0.39, 0.29) is 17.2 Å². The van der Waals surface area contributed by atoms with E-state index in [2.05, 4.69) is 15.5 Å². The van der Waals surface area contributed by atoms with Gasteiger partial charge in [-0.2, -0.15) is 0 Å². The summed E-state index contributed by atoms with van der Waals surface area (Å²) in [5.41, 5.74) is 0.551. The Morgan fingerprint density at radius 2 is 1.86 bits per heavy atom. The number of thioether (sulfide) groups is 1. The van der Waals surface area contributed by atoms with Crippen molar-refractivity contribution in [2.45, 2.75) is 54.6 Å². The fraction of sp³-hybridized carbons (Fsp3) is 0.526. The van der Waals surface area contributed by atoms with Crippen molar-refractivity contribution in [2.75, 3.05) is 25.2 Å². The van der Waals surface area contributed by atoms with E-state index in [1.165, 1.54) is 57.3 Å². The zero-order chi connectivity index (χ0) is 20.9. The Morgan fingerprint density at radius 1 is 1.17 bits per heavy atom. The maximum atomic E-state index is 12.1. The molecule has 158 valence electrons. The van der Waals surface area contributed by atoms with Crippen LogP contribution >= 0.6 is 11.8 Å². The Kier molecular flexibility index (Phi) is 7.31. The Hall–Kier alpha value is -1.91. The molecular formula is C19H26N4O4S2. The Bertz CT molecular complexity index is 920. The molecule has 2 aromatic rings. The second kappa shape index (κ2) is 9.73. The maximum Gasteiger partial charge on any atom is 0.276 e. The van der Waals surface area contributed by atoms with Gasteiger partial charge in [-0.05, 0) is 37.1 Å². The number of nitrogens with one attached hydrogen (secondary N) is 1. The van der Waals surface area contributed by atoms with Crippen LogP contribution in [0.15, 0.2) is 38.8 Å². The number of rotatable bonds is 8. The van der Waals surface area contributed by atoms with Crippen LogP contribution in [0.5, 0.6) is 0 Å². The molecule has 0 radical (unpaired) electrons. The van der Waals surface area contributed by atoms with Crippen molar-refractivity contribution in [1.82, 2.24) is 14.5 Å². The number of aromatic nitrogens is 2. The average Bonchev–Trinajstić information content (AvgIpc) is 3.18. The van der Waals surface area contributed by atoms with E-state index in [1.807, 2.05) is 0 Å². The first-order valence-electron chi connectivity index (χ1n) is 9.65. The summed E-state index contributed by atoms with van der Waals surface area (Å²) in [4.78, 5) is 12.3. The molecule has 1 aromatic heterocycles. The predicted molar refractivity (Wildman–Crippen MR) is 111 cm³/mol. The van der Waals surface area contributed by atoms with Gasteiger partial charge in [-0.15, -0.1) is 10.2 Å². The number of benzene rings is 1. The van der Waals surface area contributed by atoms with Crippen LogP contribution in [0.2, 0.25) is 0 Å². The monoisotopic (exact) mass is 438 g/mol. The number of hydrogen-bond acceptors (Lipinski definition) is 7. The fourth-order valence-electron chi connectivity index (χ4n) is 3.17. The van der Waals surface area contributed by atoms with E-state index in [0.29, 0.717) is 28.5 Å². The number of carbonyl (C=O) groups excluding carboxylic acids is 1. The van der Waals surface area contributed by atoms with Gasteiger partial charge in [-0.3, -0.25) is 4.79 Å². The molecule has 1 aliphatic rings. The lowest BCUT2D eigenvalue weighted by Gasteiger charge is -2.17. The standard InChI is InChI=1S/C19H26N4O4S2/c1-23(2)29(25,26)16-10-8-15(9-11-16)20-17(24)12-13-28-19-22-21-18(27-19)14-6-4-3-5-7-14/h8-11,14H,3-7,12-13H2,1-2H3,(H,20,24). The van der Waals surface area contributed by atoms with Crippen molar-refractivity contribution >= 4 is 33.4 Å². The number of anilines is 1. The summed E-state index contributed by atoms with van der Waals surface area (Å²) in [7, 11) is -0.527. The molecule has 10 heteroatoms. The zero-order valence-corrected chi connectivity index (χ0v) is 18.3. The molecule has 0 unspecified atom stereocenters. The minimum Gasteiger partial charge on any atom is -0.416 e. The van der Waals surface area contributed by atoms with Gasteiger partial charge in [-0.25, -0.2) is 12.7 Å². The molecule has 1 N–H and O–H groups in total. The lowest BCUT2D eigenvalue weighted by molar-refractivity contribution is -0.115. The van der Waals surface area contributed by atoms with E-state index in [1.54, 1.807) is 12.1 Å². The van der Waals surface area contributed by atoms with Gasteiger partial charge in [0.1, 0.15) is 0 Å². The maximum absolute atomic E-state index is 12.1. The molecule has 1 aromatic carbocycles. The smallest absolute Gasteiger partial charge is 0.276 e. The molecule has 0 saturated heterocycles. The van der Waals surface area contributed by atoms with Crippen molar-refractivity contribution < 1.29 is 17.6 Å². The second-order valence-electron chi connectivity index (χ2n) is 7.20. The molecule has 0 spiro atoms. The summed E-state index contributed by atoms with van der Waals surface area (Å²) in [5.74, 6) is 1.44. The molecule has 0 atom stereocenters. The molecule has 1 amide bonds. The lowest BCUT2D eigenvalue weighted by Crippen LogP contribution is -2.22. The van der Waals surface area contributed by atoms with Crippen LogP contribution in [0.25, 0.3) is 0 Å². The van der Waals surface area contributed by atoms with Gasteiger partial charge in [0.15, 0.2) is 0 Å². The first-order valence-corrected chi connectivity index (χ1v) is 12.1. The third-order valence-electron chi connectivity index (χ3n) is 4.85. The third-order valence-corrected chi connectivity index (χ3v) is 7.50. The molecule has 3 rings (SSSR count). The summed E-state index contributed by atoms with van der Waals surface area (Å²) < 4.78 is 31.0. The molecular weight excluding hydrogens is 412 g/mol. The highest BCUT2D eigenvalue weighted by Crippen LogP contribution is 2.33. The SMILES string of the molecule is CN(C)S(=O)(=O)c1ccc(NC(=O)CCSc2nnc(C3CCCCC3)o2)cc1. The van der Waals surface area contributed by atoms with Gasteiger partial charge in [0.05, 0.1) is 4.90 Å². The fourth-order valence-corrected chi connectivity index (χ4v) is 4.78. The van der Waals surface area contributed by atoms with Crippen molar-refractivity contribution in [1.29, 1.82) is 0 Å².